The molecule has 0 spiro atoms. The molecule has 6 nitrogen and oxygen atoms in total. The number of aryl methyl sites for hydroxylation is 1. The van der Waals surface area contributed by atoms with Crippen molar-refractivity contribution in [1.29, 1.82) is 0 Å². The van der Waals surface area contributed by atoms with E-state index in [1.807, 2.05) is 4.57 Å². The van der Waals surface area contributed by atoms with Crippen LogP contribution in [0.25, 0.3) is 0 Å². The molecule has 1 unspecified atom stereocenters. The zero-order chi connectivity index (χ0) is 19.6. The van der Waals surface area contributed by atoms with Crippen LogP contribution >= 0.6 is 24.0 Å². The molecule has 154 valence electrons. The standard InChI is InChI=1S/C22H28N6.HI/c1-3-28-17-26-27-21(28)16-25-22(23-2)24-15-20(19-12-8-5-9-13-19)14-18-10-6-4-7-11-18;/h4-13,17,20H,3,14-16H2,1-2H3,(H2,23,24,25);1H. The molecule has 1 aromatic heterocycles. The minimum Gasteiger partial charge on any atom is -0.356 e. The third kappa shape index (κ3) is 6.85. The Morgan fingerprint density at radius 1 is 1.03 bits per heavy atom. The molecule has 0 bridgehead atoms. The van der Waals surface area contributed by atoms with Crippen molar-refractivity contribution in [2.75, 3.05) is 13.6 Å². The maximum absolute atomic E-state index is 4.35. The molecule has 3 rings (SSSR count). The van der Waals surface area contributed by atoms with Gasteiger partial charge in [-0.3, -0.25) is 4.99 Å². The molecule has 0 radical (unpaired) electrons. The summed E-state index contributed by atoms with van der Waals surface area (Å²) in [6.07, 6.45) is 2.72. The predicted octanol–water partition coefficient (Wildman–Crippen LogP) is 3.61. The Bertz CT molecular complexity index is 863. The van der Waals surface area contributed by atoms with Crippen molar-refractivity contribution in [3.05, 3.63) is 83.9 Å². The Kier molecular flexibility index (Phi) is 9.63. The number of guanidine groups is 1. The minimum atomic E-state index is 0. The van der Waals surface area contributed by atoms with Gasteiger partial charge in [0.25, 0.3) is 0 Å². The number of benzene rings is 2. The van der Waals surface area contributed by atoms with Gasteiger partial charge >= 0.3 is 0 Å². The van der Waals surface area contributed by atoms with Gasteiger partial charge in [0, 0.05) is 26.1 Å². The fraction of sp³-hybridized carbons (Fsp3) is 0.318. The molecular formula is C22H29IN6. The van der Waals surface area contributed by atoms with E-state index in [0.717, 1.165) is 31.3 Å². The van der Waals surface area contributed by atoms with Gasteiger partial charge in [0.1, 0.15) is 6.33 Å². The van der Waals surface area contributed by atoms with Gasteiger partial charge in [-0.2, -0.15) is 0 Å². The van der Waals surface area contributed by atoms with Crippen molar-refractivity contribution < 1.29 is 0 Å². The van der Waals surface area contributed by atoms with E-state index in [4.69, 9.17) is 0 Å². The lowest BCUT2D eigenvalue weighted by Gasteiger charge is -2.20. The summed E-state index contributed by atoms with van der Waals surface area (Å²) in [5, 5.41) is 14.9. The predicted molar refractivity (Wildman–Crippen MR) is 129 cm³/mol. The van der Waals surface area contributed by atoms with Gasteiger partial charge in [-0.25, -0.2) is 0 Å². The highest BCUT2D eigenvalue weighted by Crippen LogP contribution is 2.20. The molecule has 0 aliphatic rings. The molecule has 29 heavy (non-hydrogen) atoms. The zero-order valence-electron chi connectivity index (χ0n) is 17.0. The van der Waals surface area contributed by atoms with Crippen molar-refractivity contribution in [3.8, 4) is 0 Å². The largest absolute Gasteiger partial charge is 0.356 e. The van der Waals surface area contributed by atoms with E-state index in [0.29, 0.717) is 12.5 Å². The highest BCUT2D eigenvalue weighted by atomic mass is 127. The second-order valence-corrected chi connectivity index (χ2v) is 6.64. The van der Waals surface area contributed by atoms with E-state index in [2.05, 4.69) is 93.4 Å². The average molecular weight is 504 g/mol. The Hall–Kier alpha value is -2.42. The number of nitrogens with one attached hydrogen (secondary N) is 2. The molecule has 0 saturated carbocycles. The van der Waals surface area contributed by atoms with Gasteiger partial charge in [0.15, 0.2) is 11.8 Å². The molecule has 7 heteroatoms. The summed E-state index contributed by atoms with van der Waals surface area (Å²) in [6, 6.07) is 21.2. The summed E-state index contributed by atoms with van der Waals surface area (Å²) < 4.78 is 2.02. The molecular weight excluding hydrogens is 475 g/mol. The second-order valence-electron chi connectivity index (χ2n) is 6.64. The van der Waals surface area contributed by atoms with E-state index < -0.39 is 0 Å². The first-order valence-corrected chi connectivity index (χ1v) is 9.70. The Morgan fingerprint density at radius 3 is 2.38 bits per heavy atom. The molecule has 0 aliphatic heterocycles. The van der Waals surface area contributed by atoms with Gasteiger partial charge < -0.3 is 15.2 Å². The molecule has 0 aliphatic carbocycles. The van der Waals surface area contributed by atoms with Crippen LogP contribution in [-0.2, 0) is 19.5 Å². The highest BCUT2D eigenvalue weighted by Gasteiger charge is 2.13. The monoisotopic (exact) mass is 504 g/mol. The van der Waals surface area contributed by atoms with Crippen LogP contribution < -0.4 is 10.6 Å². The zero-order valence-corrected chi connectivity index (χ0v) is 19.3. The number of nitrogens with zero attached hydrogens (tertiary/aromatic N) is 4. The fourth-order valence-corrected chi connectivity index (χ4v) is 3.21. The van der Waals surface area contributed by atoms with Crippen LogP contribution in [0.15, 0.2) is 72.0 Å². The van der Waals surface area contributed by atoms with Crippen LogP contribution in [0, 0.1) is 0 Å². The molecule has 2 aromatic carbocycles. The van der Waals surface area contributed by atoms with Crippen LogP contribution in [0.5, 0.6) is 0 Å². The average Bonchev–Trinajstić information content (AvgIpc) is 3.22. The van der Waals surface area contributed by atoms with Crippen molar-refractivity contribution in [3.63, 3.8) is 0 Å². The molecule has 3 aromatic rings. The van der Waals surface area contributed by atoms with Gasteiger partial charge in [-0.15, -0.1) is 34.2 Å². The van der Waals surface area contributed by atoms with Crippen molar-refractivity contribution in [1.82, 2.24) is 25.4 Å². The summed E-state index contributed by atoms with van der Waals surface area (Å²) in [5.74, 6) is 2.01. The number of aliphatic imine (C=N–C) groups is 1. The maximum Gasteiger partial charge on any atom is 0.191 e. The first-order valence-electron chi connectivity index (χ1n) is 9.70. The summed E-state index contributed by atoms with van der Waals surface area (Å²) >= 11 is 0. The summed E-state index contributed by atoms with van der Waals surface area (Å²) in [6.45, 7) is 4.30. The molecule has 2 N–H and O–H groups in total. The first kappa shape index (κ1) is 22.9. The van der Waals surface area contributed by atoms with E-state index >= 15 is 0 Å². The van der Waals surface area contributed by atoms with Gasteiger partial charge in [-0.05, 0) is 24.5 Å². The second kappa shape index (κ2) is 12.2. The van der Waals surface area contributed by atoms with Crippen molar-refractivity contribution in [2.24, 2.45) is 4.99 Å². The minimum absolute atomic E-state index is 0. The van der Waals surface area contributed by atoms with E-state index in [-0.39, 0.29) is 24.0 Å². The van der Waals surface area contributed by atoms with Crippen LogP contribution in [0.1, 0.15) is 29.8 Å². The number of hydrogen-bond acceptors (Lipinski definition) is 3. The molecule has 1 atom stereocenters. The van der Waals surface area contributed by atoms with Crippen molar-refractivity contribution in [2.45, 2.75) is 32.4 Å². The van der Waals surface area contributed by atoms with Crippen molar-refractivity contribution >= 4 is 29.9 Å². The summed E-state index contributed by atoms with van der Waals surface area (Å²) in [5.41, 5.74) is 2.65. The number of halogens is 1. The van der Waals surface area contributed by atoms with Crippen LogP contribution in [0.3, 0.4) is 0 Å². The SMILES string of the molecule is CCn1cnnc1CNC(=NC)NCC(Cc1ccccc1)c1ccccc1.I. The normalized spacial score (nSPS) is 12.1. The molecule has 1 heterocycles. The Morgan fingerprint density at radius 2 is 1.72 bits per heavy atom. The molecule has 0 amide bonds. The Labute approximate surface area is 189 Å². The lowest BCUT2D eigenvalue weighted by Crippen LogP contribution is -2.39. The number of rotatable bonds is 8. The number of hydrogen-bond donors (Lipinski definition) is 2. The van der Waals surface area contributed by atoms with Gasteiger partial charge in [0.2, 0.25) is 0 Å². The van der Waals surface area contributed by atoms with E-state index in [1.165, 1.54) is 11.1 Å². The Balaban J connectivity index is 0.00000300. The van der Waals surface area contributed by atoms with Crippen LogP contribution in [-0.4, -0.2) is 34.3 Å². The summed E-state index contributed by atoms with van der Waals surface area (Å²) in [7, 11) is 1.79. The lowest BCUT2D eigenvalue weighted by atomic mass is 9.92. The quantitative estimate of drug-likeness (QED) is 0.280. The molecule has 0 saturated heterocycles. The molecule has 0 fully saturated rings. The highest BCUT2D eigenvalue weighted by molar-refractivity contribution is 14.0. The number of aromatic nitrogens is 3. The van der Waals surface area contributed by atoms with Gasteiger partial charge in [0.05, 0.1) is 6.54 Å². The van der Waals surface area contributed by atoms with Gasteiger partial charge in [-0.1, -0.05) is 60.7 Å². The van der Waals surface area contributed by atoms with E-state index in [1.54, 1.807) is 13.4 Å². The summed E-state index contributed by atoms with van der Waals surface area (Å²) in [4.78, 5) is 4.35. The van der Waals surface area contributed by atoms with Crippen LogP contribution in [0.4, 0.5) is 0 Å². The first-order chi connectivity index (χ1) is 13.8. The fourth-order valence-electron chi connectivity index (χ4n) is 3.21. The third-order valence-electron chi connectivity index (χ3n) is 4.79. The van der Waals surface area contributed by atoms with Crippen LogP contribution in [0.2, 0.25) is 0 Å². The third-order valence-corrected chi connectivity index (χ3v) is 4.79. The maximum atomic E-state index is 4.35. The van der Waals surface area contributed by atoms with E-state index in [9.17, 15) is 0 Å². The smallest absolute Gasteiger partial charge is 0.191 e. The lowest BCUT2D eigenvalue weighted by molar-refractivity contribution is 0.634. The topological polar surface area (TPSA) is 67.1 Å².